The van der Waals surface area contributed by atoms with Crippen molar-refractivity contribution in [3.8, 4) is 28.6 Å². The second kappa shape index (κ2) is 10.2. The minimum atomic E-state index is -0.163. The highest BCUT2D eigenvalue weighted by Crippen LogP contribution is 2.33. The van der Waals surface area contributed by atoms with Crippen LogP contribution in [0.4, 0.5) is 0 Å². The SMILES string of the molecule is CCOC(=O)CCCn1ccc2c(-c3noc(-c4ccc(OC(C)C)c(Br)c4)n3)cccc21. The van der Waals surface area contributed by atoms with E-state index in [1.54, 1.807) is 0 Å². The van der Waals surface area contributed by atoms with E-state index in [0.717, 1.165) is 38.8 Å². The van der Waals surface area contributed by atoms with E-state index in [2.05, 4.69) is 36.7 Å². The van der Waals surface area contributed by atoms with Gasteiger partial charge >= 0.3 is 5.97 Å². The lowest BCUT2D eigenvalue weighted by Gasteiger charge is -2.11. The highest BCUT2D eigenvalue weighted by Gasteiger charge is 2.16. The maximum atomic E-state index is 11.6. The first kappa shape index (κ1) is 23.0. The van der Waals surface area contributed by atoms with Gasteiger partial charge in [-0.25, -0.2) is 0 Å². The van der Waals surface area contributed by atoms with Gasteiger partial charge in [0.2, 0.25) is 5.82 Å². The molecule has 0 aliphatic heterocycles. The molecule has 0 aliphatic carbocycles. The largest absolute Gasteiger partial charge is 0.490 e. The van der Waals surface area contributed by atoms with Gasteiger partial charge in [-0.3, -0.25) is 4.79 Å². The standard InChI is InChI=1S/C25H26BrN3O4/c1-4-31-23(30)9-6-13-29-14-12-18-19(7-5-8-21(18)29)24-27-25(33-28-24)17-10-11-22(20(26)15-17)32-16(2)3/h5,7-8,10-12,14-16H,4,6,9,13H2,1-3H3. The summed E-state index contributed by atoms with van der Waals surface area (Å²) >= 11 is 3.55. The van der Waals surface area contributed by atoms with Crippen molar-refractivity contribution in [1.82, 2.24) is 14.7 Å². The number of hydrogen-bond donors (Lipinski definition) is 0. The summed E-state index contributed by atoms with van der Waals surface area (Å²) < 4.78 is 19.3. The molecule has 7 nitrogen and oxygen atoms in total. The lowest BCUT2D eigenvalue weighted by Crippen LogP contribution is -2.05. The molecule has 0 radical (unpaired) electrons. The number of carbonyl (C=O) groups excluding carboxylic acids is 1. The predicted molar refractivity (Wildman–Crippen MR) is 130 cm³/mol. The van der Waals surface area contributed by atoms with Crippen LogP contribution in [0.1, 0.15) is 33.6 Å². The molecule has 8 heteroatoms. The minimum absolute atomic E-state index is 0.0834. The maximum absolute atomic E-state index is 11.6. The topological polar surface area (TPSA) is 79.4 Å². The van der Waals surface area contributed by atoms with E-state index in [1.807, 2.05) is 63.4 Å². The quantitative estimate of drug-likeness (QED) is 0.247. The summed E-state index contributed by atoms with van der Waals surface area (Å²) in [5, 5.41) is 5.26. The summed E-state index contributed by atoms with van der Waals surface area (Å²) in [4.78, 5) is 16.2. The predicted octanol–water partition coefficient (Wildman–Crippen LogP) is 6.25. The molecule has 2 heterocycles. The van der Waals surface area contributed by atoms with E-state index < -0.39 is 0 Å². The van der Waals surface area contributed by atoms with Crippen molar-refractivity contribution in [2.24, 2.45) is 0 Å². The number of aryl methyl sites for hydroxylation is 1. The van der Waals surface area contributed by atoms with Gasteiger partial charge < -0.3 is 18.6 Å². The van der Waals surface area contributed by atoms with Gasteiger partial charge in [-0.15, -0.1) is 0 Å². The van der Waals surface area contributed by atoms with Gasteiger partial charge in [0.15, 0.2) is 0 Å². The van der Waals surface area contributed by atoms with Crippen LogP contribution in [0.2, 0.25) is 0 Å². The molecule has 0 fully saturated rings. The van der Waals surface area contributed by atoms with Gasteiger partial charge in [0.1, 0.15) is 5.75 Å². The van der Waals surface area contributed by atoms with E-state index >= 15 is 0 Å². The fourth-order valence-corrected chi connectivity index (χ4v) is 4.15. The molecule has 0 bridgehead atoms. The Balaban J connectivity index is 1.55. The number of fused-ring (bicyclic) bond motifs is 1. The summed E-state index contributed by atoms with van der Waals surface area (Å²) in [6.45, 7) is 6.92. The van der Waals surface area contributed by atoms with Crippen molar-refractivity contribution < 1.29 is 18.8 Å². The molecule has 4 aromatic rings. The average Bonchev–Trinajstić information content (AvgIpc) is 3.43. The van der Waals surface area contributed by atoms with E-state index in [4.69, 9.17) is 14.0 Å². The van der Waals surface area contributed by atoms with Crippen molar-refractivity contribution in [2.45, 2.75) is 46.3 Å². The number of benzene rings is 2. The van der Waals surface area contributed by atoms with Gasteiger partial charge in [-0.2, -0.15) is 4.98 Å². The molecule has 2 aromatic heterocycles. The van der Waals surface area contributed by atoms with Crippen LogP contribution >= 0.6 is 15.9 Å². The number of ether oxygens (including phenoxy) is 2. The molecule has 4 rings (SSSR count). The molecule has 0 amide bonds. The molecule has 2 aromatic carbocycles. The monoisotopic (exact) mass is 511 g/mol. The van der Waals surface area contributed by atoms with Crippen LogP contribution in [-0.4, -0.2) is 33.4 Å². The first-order valence-electron chi connectivity index (χ1n) is 11.0. The van der Waals surface area contributed by atoms with Crippen LogP contribution in [0.3, 0.4) is 0 Å². The first-order valence-corrected chi connectivity index (χ1v) is 11.8. The van der Waals surface area contributed by atoms with E-state index in [-0.39, 0.29) is 12.1 Å². The average molecular weight is 512 g/mol. The Morgan fingerprint density at radius 2 is 2.06 bits per heavy atom. The summed E-state index contributed by atoms with van der Waals surface area (Å²) in [5.74, 6) is 1.57. The number of carbonyl (C=O) groups is 1. The molecule has 0 unspecified atom stereocenters. The van der Waals surface area contributed by atoms with Gasteiger partial charge in [-0.05, 0) is 73.5 Å². The Hall–Kier alpha value is -3.13. The van der Waals surface area contributed by atoms with Gasteiger partial charge in [0.05, 0.1) is 17.2 Å². The highest BCUT2D eigenvalue weighted by molar-refractivity contribution is 9.10. The Labute approximate surface area is 200 Å². The number of aromatic nitrogens is 3. The second-order valence-electron chi connectivity index (χ2n) is 7.89. The highest BCUT2D eigenvalue weighted by atomic mass is 79.9. The number of esters is 1. The van der Waals surface area contributed by atoms with Crippen LogP contribution in [0.15, 0.2) is 57.7 Å². The molecule has 0 saturated heterocycles. The molecule has 0 spiro atoms. The van der Waals surface area contributed by atoms with E-state index in [1.165, 1.54) is 0 Å². The van der Waals surface area contributed by atoms with Crippen LogP contribution in [-0.2, 0) is 16.1 Å². The Morgan fingerprint density at radius 3 is 2.82 bits per heavy atom. The zero-order chi connectivity index (χ0) is 23.4. The third-order valence-electron chi connectivity index (χ3n) is 5.11. The van der Waals surface area contributed by atoms with Crippen molar-refractivity contribution in [1.29, 1.82) is 0 Å². The van der Waals surface area contributed by atoms with Gasteiger partial charge in [-0.1, -0.05) is 17.3 Å². The van der Waals surface area contributed by atoms with Crippen molar-refractivity contribution >= 4 is 32.8 Å². The van der Waals surface area contributed by atoms with Crippen LogP contribution in [0.25, 0.3) is 33.7 Å². The Morgan fingerprint density at radius 1 is 1.21 bits per heavy atom. The molecule has 172 valence electrons. The summed E-state index contributed by atoms with van der Waals surface area (Å²) in [6, 6.07) is 13.8. The number of nitrogens with zero attached hydrogens (tertiary/aromatic N) is 3. The Kier molecular flexibility index (Phi) is 7.13. The van der Waals surface area contributed by atoms with E-state index in [0.29, 0.717) is 31.2 Å². The fraction of sp³-hybridized carbons (Fsp3) is 0.320. The number of halogens is 1. The van der Waals surface area contributed by atoms with Gasteiger partial charge in [0, 0.05) is 41.2 Å². The zero-order valence-electron chi connectivity index (χ0n) is 18.9. The zero-order valence-corrected chi connectivity index (χ0v) is 20.5. The molecule has 0 saturated carbocycles. The van der Waals surface area contributed by atoms with Crippen molar-refractivity contribution in [3.05, 3.63) is 53.1 Å². The first-order chi connectivity index (χ1) is 16.0. The number of rotatable bonds is 9. The summed E-state index contributed by atoms with van der Waals surface area (Å²) in [5.41, 5.74) is 2.76. The van der Waals surface area contributed by atoms with E-state index in [9.17, 15) is 4.79 Å². The van der Waals surface area contributed by atoms with Crippen LogP contribution < -0.4 is 4.74 Å². The molecule has 33 heavy (non-hydrogen) atoms. The Bertz CT molecular complexity index is 1260. The maximum Gasteiger partial charge on any atom is 0.305 e. The lowest BCUT2D eigenvalue weighted by molar-refractivity contribution is -0.143. The molecular formula is C25H26BrN3O4. The lowest BCUT2D eigenvalue weighted by atomic mass is 10.1. The molecule has 0 aliphatic rings. The van der Waals surface area contributed by atoms with Crippen LogP contribution in [0.5, 0.6) is 5.75 Å². The molecule has 0 N–H and O–H groups in total. The third kappa shape index (κ3) is 5.27. The molecular weight excluding hydrogens is 486 g/mol. The minimum Gasteiger partial charge on any atom is -0.490 e. The fourth-order valence-electron chi connectivity index (χ4n) is 3.67. The smallest absolute Gasteiger partial charge is 0.305 e. The second-order valence-corrected chi connectivity index (χ2v) is 8.75. The summed E-state index contributed by atoms with van der Waals surface area (Å²) in [6.07, 6.45) is 3.22. The third-order valence-corrected chi connectivity index (χ3v) is 5.73. The summed E-state index contributed by atoms with van der Waals surface area (Å²) in [7, 11) is 0. The van der Waals surface area contributed by atoms with Crippen molar-refractivity contribution in [2.75, 3.05) is 6.61 Å². The number of hydrogen-bond acceptors (Lipinski definition) is 6. The van der Waals surface area contributed by atoms with Crippen molar-refractivity contribution in [3.63, 3.8) is 0 Å². The van der Waals surface area contributed by atoms with Gasteiger partial charge in [0.25, 0.3) is 5.89 Å². The van der Waals surface area contributed by atoms with Crippen LogP contribution in [0, 0.1) is 0 Å². The molecule has 0 atom stereocenters. The normalized spacial score (nSPS) is 11.3.